The Morgan fingerprint density at radius 2 is 2.00 bits per heavy atom. The second-order valence-corrected chi connectivity index (χ2v) is 8.17. The quantitative estimate of drug-likeness (QED) is 0.880. The van der Waals surface area contributed by atoms with E-state index in [1.165, 1.54) is 4.31 Å². The van der Waals surface area contributed by atoms with Gasteiger partial charge in [-0.15, -0.1) is 0 Å². The van der Waals surface area contributed by atoms with E-state index in [1.807, 2.05) is 44.2 Å². The van der Waals surface area contributed by atoms with Crippen molar-refractivity contribution in [3.8, 4) is 0 Å². The molecule has 1 fully saturated rings. The minimum atomic E-state index is -3.30. The van der Waals surface area contributed by atoms with E-state index in [4.69, 9.17) is 10.5 Å². The van der Waals surface area contributed by atoms with E-state index in [0.717, 1.165) is 5.56 Å². The summed E-state index contributed by atoms with van der Waals surface area (Å²) in [5.74, 6) is 0.115. The van der Waals surface area contributed by atoms with Crippen molar-refractivity contribution in [1.82, 2.24) is 4.31 Å². The number of ether oxygens (including phenoxy) is 1. The van der Waals surface area contributed by atoms with Gasteiger partial charge in [-0.1, -0.05) is 30.3 Å². The molecule has 6 heteroatoms. The zero-order valence-corrected chi connectivity index (χ0v) is 13.5. The highest BCUT2D eigenvalue weighted by atomic mass is 32.2. The van der Waals surface area contributed by atoms with Crippen LogP contribution in [0, 0.1) is 0 Å². The normalized spacial score (nSPS) is 23.1. The maximum absolute atomic E-state index is 12.5. The van der Waals surface area contributed by atoms with Crippen molar-refractivity contribution >= 4 is 10.0 Å². The third-order valence-electron chi connectivity index (χ3n) is 3.60. The van der Waals surface area contributed by atoms with Crippen LogP contribution in [0.15, 0.2) is 30.3 Å². The Kier molecular flexibility index (Phi) is 5.03. The first-order chi connectivity index (χ1) is 9.82. The molecule has 0 saturated carbocycles. The Morgan fingerprint density at radius 1 is 1.33 bits per heavy atom. The summed E-state index contributed by atoms with van der Waals surface area (Å²) in [7, 11) is -3.30. The highest BCUT2D eigenvalue weighted by Crippen LogP contribution is 2.23. The standard InChI is InChI=1S/C15H24N2O3S/c1-15(2)12-17(11-14(10-16)20-15)21(18,19)9-8-13-6-4-3-5-7-13/h3-7,14H,8-12,16H2,1-2H3. The van der Waals surface area contributed by atoms with Crippen molar-refractivity contribution in [3.05, 3.63) is 35.9 Å². The van der Waals surface area contributed by atoms with Crippen molar-refractivity contribution in [2.75, 3.05) is 25.4 Å². The van der Waals surface area contributed by atoms with Gasteiger partial charge in [-0.3, -0.25) is 0 Å². The van der Waals surface area contributed by atoms with Crippen molar-refractivity contribution in [3.63, 3.8) is 0 Å². The second kappa shape index (κ2) is 6.44. The zero-order valence-electron chi connectivity index (χ0n) is 12.7. The zero-order chi connectivity index (χ0) is 15.5. The van der Waals surface area contributed by atoms with Gasteiger partial charge in [0.1, 0.15) is 0 Å². The number of rotatable bonds is 5. The van der Waals surface area contributed by atoms with Crippen LogP contribution in [0.25, 0.3) is 0 Å². The lowest BCUT2D eigenvalue weighted by atomic mass is 10.1. The number of morpholine rings is 1. The van der Waals surface area contributed by atoms with Crippen LogP contribution in [-0.2, 0) is 21.2 Å². The summed E-state index contributed by atoms with van der Waals surface area (Å²) in [6.45, 7) is 4.84. The first-order valence-corrected chi connectivity index (χ1v) is 8.83. The lowest BCUT2D eigenvalue weighted by Gasteiger charge is -2.41. The van der Waals surface area contributed by atoms with Gasteiger partial charge in [0, 0.05) is 19.6 Å². The molecule has 5 nitrogen and oxygen atoms in total. The summed E-state index contributed by atoms with van der Waals surface area (Å²) in [6.07, 6.45) is 0.286. The Labute approximate surface area is 127 Å². The summed E-state index contributed by atoms with van der Waals surface area (Å²) in [5, 5.41) is 0. The van der Waals surface area contributed by atoms with E-state index in [9.17, 15) is 8.42 Å². The van der Waals surface area contributed by atoms with Crippen LogP contribution < -0.4 is 5.73 Å². The van der Waals surface area contributed by atoms with Crippen LogP contribution in [0.4, 0.5) is 0 Å². The Morgan fingerprint density at radius 3 is 2.62 bits per heavy atom. The summed E-state index contributed by atoms with van der Waals surface area (Å²) in [4.78, 5) is 0. The highest BCUT2D eigenvalue weighted by molar-refractivity contribution is 7.89. The summed E-state index contributed by atoms with van der Waals surface area (Å²) in [6, 6.07) is 9.66. The SMILES string of the molecule is CC1(C)CN(S(=O)(=O)CCc2ccccc2)CC(CN)O1. The molecule has 1 saturated heterocycles. The monoisotopic (exact) mass is 312 g/mol. The van der Waals surface area contributed by atoms with Gasteiger partial charge in [0.15, 0.2) is 0 Å². The largest absolute Gasteiger partial charge is 0.368 e. The molecule has 0 amide bonds. The maximum atomic E-state index is 12.5. The molecule has 118 valence electrons. The molecular weight excluding hydrogens is 288 g/mol. The predicted octanol–water partition coefficient (Wildman–Crippen LogP) is 0.997. The lowest BCUT2D eigenvalue weighted by Crippen LogP contribution is -2.56. The molecule has 2 rings (SSSR count). The average molecular weight is 312 g/mol. The second-order valence-electron chi connectivity index (χ2n) is 6.08. The fourth-order valence-electron chi connectivity index (χ4n) is 2.60. The molecule has 1 aromatic rings. The molecule has 1 atom stereocenters. The third kappa shape index (κ3) is 4.51. The van der Waals surface area contributed by atoms with E-state index in [1.54, 1.807) is 0 Å². The van der Waals surface area contributed by atoms with E-state index >= 15 is 0 Å². The summed E-state index contributed by atoms with van der Waals surface area (Å²) >= 11 is 0. The third-order valence-corrected chi connectivity index (χ3v) is 5.38. The Bertz CT molecular complexity index is 558. The van der Waals surface area contributed by atoms with E-state index in [2.05, 4.69) is 0 Å². The molecule has 1 unspecified atom stereocenters. The van der Waals surface area contributed by atoms with Crippen LogP contribution in [0.2, 0.25) is 0 Å². The maximum Gasteiger partial charge on any atom is 0.214 e. The van der Waals surface area contributed by atoms with Gasteiger partial charge in [0.05, 0.1) is 17.5 Å². The first-order valence-electron chi connectivity index (χ1n) is 7.22. The number of nitrogens with two attached hydrogens (primary N) is 1. The predicted molar refractivity (Wildman–Crippen MR) is 83.5 cm³/mol. The van der Waals surface area contributed by atoms with E-state index in [0.29, 0.717) is 26.1 Å². The molecule has 0 aromatic heterocycles. The fourth-order valence-corrected chi connectivity index (χ4v) is 4.25. The molecular formula is C15H24N2O3S. The van der Waals surface area contributed by atoms with Crippen molar-refractivity contribution in [2.45, 2.75) is 32.0 Å². The topological polar surface area (TPSA) is 72.6 Å². The first kappa shape index (κ1) is 16.4. The molecule has 0 spiro atoms. The van der Waals surface area contributed by atoms with Crippen LogP contribution in [0.1, 0.15) is 19.4 Å². The van der Waals surface area contributed by atoms with Crippen molar-refractivity contribution in [1.29, 1.82) is 0 Å². The number of sulfonamides is 1. The van der Waals surface area contributed by atoms with E-state index < -0.39 is 15.6 Å². The number of benzene rings is 1. The van der Waals surface area contributed by atoms with Gasteiger partial charge in [-0.05, 0) is 25.8 Å². The molecule has 1 aromatic carbocycles. The van der Waals surface area contributed by atoms with Gasteiger partial charge in [-0.2, -0.15) is 4.31 Å². The molecule has 1 heterocycles. The van der Waals surface area contributed by atoms with Crippen LogP contribution in [0.3, 0.4) is 0 Å². The average Bonchev–Trinajstić information content (AvgIpc) is 2.44. The van der Waals surface area contributed by atoms with Crippen molar-refractivity contribution < 1.29 is 13.2 Å². The summed E-state index contributed by atoms with van der Waals surface area (Å²) < 4.78 is 32.4. The Balaban J connectivity index is 2.04. The van der Waals surface area contributed by atoms with E-state index in [-0.39, 0.29) is 11.9 Å². The number of hydrogen-bond donors (Lipinski definition) is 1. The molecule has 21 heavy (non-hydrogen) atoms. The molecule has 1 aliphatic heterocycles. The van der Waals surface area contributed by atoms with Gasteiger partial charge >= 0.3 is 0 Å². The van der Waals surface area contributed by atoms with Crippen LogP contribution >= 0.6 is 0 Å². The number of hydrogen-bond acceptors (Lipinski definition) is 4. The molecule has 1 aliphatic rings. The number of aryl methyl sites for hydroxylation is 1. The van der Waals surface area contributed by atoms with Gasteiger partial charge in [0.2, 0.25) is 10.0 Å². The minimum absolute atomic E-state index is 0.115. The van der Waals surface area contributed by atoms with Gasteiger partial charge in [-0.25, -0.2) is 8.42 Å². The van der Waals surface area contributed by atoms with Gasteiger partial charge in [0.25, 0.3) is 0 Å². The molecule has 2 N–H and O–H groups in total. The van der Waals surface area contributed by atoms with Crippen LogP contribution in [0.5, 0.6) is 0 Å². The minimum Gasteiger partial charge on any atom is -0.368 e. The summed E-state index contributed by atoms with van der Waals surface area (Å²) in [5.41, 5.74) is 6.18. The van der Waals surface area contributed by atoms with Crippen molar-refractivity contribution in [2.24, 2.45) is 5.73 Å². The Hall–Kier alpha value is -0.950. The molecule has 0 aliphatic carbocycles. The molecule has 0 bridgehead atoms. The van der Waals surface area contributed by atoms with Gasteiger partial charge < -0.3 is 10.5 Å². The fraction of sp³-hybridized carbons (Fsp3) is 0.600. The lowest BCUT2D eigenvalue weighted by molar-refractivity contribution is -0.112. The van der Waals surface area contributed by atoms with Crippen LogP contribution in [-0.4, -0.2) is 49.8 Å². The molecule has 0 radical (unpaired) electrons. The highest BCUT2D eigenvalue weighted by Gasteiger charge is 2.37. The number of nitrogens with zero attached hydrogens (tertiary/aromatic N) is 1. The smallest absolute Gasteiger partial charge is 0.214 e.